The van der Waals surface area contributed by atoms with E-state index in [9.17, 15) is 4.79 Å². The van der Waals surface area contributed by atoms with Gasteiger partial charge in [0.2, 0.25) is 0 Å². The Morgan fingerprint density at radius 3 is 2.26 bits per heavy atom. The molecule has 0 aromatic heterocycles. The van der Waals surface area contributed by atoms with E-state index in [1.54, 1.807) is 31.3 Å². The lowest BCUT2D eigenvalue weighted by molar-refractivity contribution is -0.0230. The van der Waals surface area contributed by atoms with E-state index < -0.39 is 0 Å². The zero-order chi connectivity index (χ0) is 19.4. The number of hydrogen-bond donors (Lipinski definition) is 0. The molecular formula is C21H26N2O4. The van der Waals surface area contributed by atoms with Crippen LogP contribution in [0.5, 0.6) is 11.5 Å². The largest absolute Gasteiger partial charge is 0.496 e. The molecule has 1 aliphatic rings. The second kappa shape index (κ2) is 8.31. The van der Waals surface area contributed by atoms with Crippen LogP contribution in [-0.2, 0) is 4.74 Å². The monoisotopic (exact) mass is 370 g/mol. The van der Waals surface area contributed by atoms with Crippen molar-refractivity contribution in [2.75, 3.05) is 52.9 Å². The highest BCUT2D eigenvalue weighted by atomic mass is 16.5. The third-order valence-corrected chi connectivity index (χ3v) is 4.78. The third kappa shape index (κ3) is 4.01. The Kier molecular flexibility index (Phi) is 5.86. The molecule has 0 saturated carbocycles. The first-order valence-electron chi connectivity index (χ1n) is 8.94. The molecular weight excluding hydrogens is 344 g/mol. The molecule has 1 fully saturated rings. The van der Waals surface area contributed by atoms with Gasteiger partial charge < -0.3 is 24.0 Å². The van der Waals surface area contributed by atoms with E-state index in [2.05, 4.69) is 29.2 Å². The lowest BCUT2D eigenvalue weighted by Gasteiger charge is -2.34. The van der Waals surface area contributed by atoms with Crippen LogP contribution in [0.3, 0.4) is 0 Å². The molecule has 6 heteroatoms. The molecule has 1 atom stereocenters. The number of hydrogen-bond acceptors (Lipinski definition) is 5. The minimum atomic E-state index is -0.153. The van der Waals surface area contributed by atoms with Crippen LogP contribution >= 0.6 is 0 Å². The summed E-state index contributed by atoms with van der Waals surface area (Å²) in [7, 11) is 7.13. The molecule has 2 aromatic carbocycles. The van der Waals surface area contributed by atoms with Crippen molar-refractivity contribution in [1.82, 2.24) is 4.90 Å². The van der Waals surface area contributed by atoms with Gasteiger partial charge in [-0.2, -0.15) is 0 Å². The fourth-order valence-electron chi connectivity index (χ4n) is 3.24. The van der Waals surface area contributed by atoms with Crippen molar-refractivity contribution in [3.8, 4) is 11.5 Å². The fourth-order valence-corrected chi connectivity index (χ4v) is 3.24. The Hall–Kier alpha value is -2.73. The van der Waals surface area contributed by atoms with Gasteiger partial charge >= 0.3 is 0 Å². The molecule has 0 aliphatic carbocycles. The van der Waals surface area contributed by atoms with Crippen molar-refractivity contribution < 1.29 is 19.0 Å². The van der Waals surface area contributed by atoms with Crippen LogP contribution in [0, 0.1) is 0 Å². The molecule has 0 N–H and O–H groups in total. The molecule has 6 nitrogen and oxygen atoms in total. The van der Waals surface area contributed by atoms with E-state index in [1.165, 1.54) is 0 Å². The van der Waals surface area contributed by atoms with Crippen LogP contribution in [0.25, 0.3) is 0 Å². The molecule has 1 heterocycles. The van der Waals surface area contributed by atoms with E-state index >= 15 is 0 Å². The zero-order valence-corrected chi connectivity index (χ0v) is 16.3. The number of morpholine rings is 1. The number of benzene rings is 2. The maximum atomic E-state index is 13.2. The first kappa shape index (κ1) is 19.0. The van der Waals surface area contributed by atoms with Crippen molar-refractivity contribution in [3.63, 3.8) is 0 Å². The van der Waals surface area contributed by atoms with Crippen LogP contribution in [0.4, 0.5) is 5.69 Å². The van der Waals surface area contributed by atoms with E-state index in [4.69, 9.17) is 14.2 Å². The van der Waals surface area contributed by atoms with Gasteiger partial charge in [0.1, 0.15) is 23.2 Å². The highest BCUT2D eigenvalue weighted by Crippen LogP contribution is 2.32. The molecule has 1 aliphatic heterocycles. The highest BCUT2D eigenvalue weighted by Gasteiger charge is 2.29. The number of carbonyl (C=O) groups is 1. The number of nitrogens with zero attached hydrogens (tertiary/aromatic N) is 2. The lowest BCUT2D eigenvalue weighted by Crippen LogP contribution is -2.42. The van der Waals surface area contributed by atoms with Gasteiger partial charge in [0.15, 0.2) is 0 Å². The Morgan fingerprint density at radius 2 is 1.70 bits per heavy atom. The molecule has 0 radical (unpaired) electrons. The third-order valence-electron chi connectivity index (χ3n) is 4.78. The highest BCUT2D eigenvalue weighted by molar-refractivity contribution is 5.99. The number of ether oxygens (including phenoxy) is 3. The molecule has 1 saturated heterocycles. The van der Waals surface area contributed by atoms with Gasteiger partial charge in [0.25, 0.3) is 5.91 Å². The summed E-state index contributed by atoms with van der Waals surface area (Å²) < 4.78 is 16.7. The van der Waals surface area contributed by atoms with Crippen molar-refractivity contribution in [2.45, 2.75) is 6.10 Å². The summed E-state index contributed by atoms with van der Waals surface area (Å²) in [6.45, 7) is 1.51. The average molecular weight is 370 g/mol. The minimum Gasteiger partial charge on any atom is -0.496 e. The maximum Gasteiger partial charge on any atom is 0.261 e. The summed E-state index contributed by atoms with van der Waals surface area (Å²) in [4.78, 5) is 17.0. The summed E-state index contributed by atoms with van der Waals surface area (Å²) in [5.74, 6) is 0.915. The smallest absolute Gasteiger partial charge is 0.261 e. The summed E-state index contributed by atoms with van der Waals surface area (Å²) in [5.41, 5.74) is 2.64. The van der Waals surface area contributed by atoms with Gasteiger partial charge in [-0.3, -0.25) is 4.79 Å². The van der Waals surface area contributed by atoms with Crippen LogP contribution in [0.1, 0.15) is 22.0 Å². The van der Waals surface area contributed by atoms with Crippen molar-refractivity contribution in [3.05, 3.63) is 53.6 Å². The lowest BCUT2D eigenvalue weighted by atomic mass is 10.1. The minimum absolute atomic E-state index is 0.109. The predicted molar refractivity (Wildman–Crippen MR) is 105 cm³/mol. The predicted octanol–water partition coefficient (Wildman–Crippen LogP) is 2.98. The van der Waals surface area contributed by atoms with Crippen LogP contribution in [0.2, 0.25) is 0 Å². The number of anilines is 1. The number of rotatable bonds is 5. The number of carbonyl (C=O) groups excluding carboxylic acids is 1. The number of methoxy groups -OCH3 is 2. The van der Waals surface area contributed by atoms with Gasteiger partial charge in [-0.05, 0) is 29.8 Å². The second-order valence-electron chi connectivity index (χ2n) is 6.63. The summed E-state index contributed by atoms with van der Waals surface area (Å²) in [6, 6.07) is 13.6. The van der Waals surface area contributed by atoms with Gasteiger partial charge in [-0.25, -0.2) is 0 Å². The number of amides is 1. The molecule has 0 bridgehead atoms. The quantitative estimate of drug-likeness (QED) is 0.810. The standard InChI is InChI=1S/C21H26N2O4/c1-22(2)16-10-8-15(9-11-16)19-14-23(12-13-27-19)21(24)20-17(25-3)6-5-7-18(20)26-4/h5-11,19H,12-14H2,1-4H3. The van der Waals surface area contributed by atoms with E-state index in [1.807, 2.05) is 20.2 Å². The Bertz CT molecular complexity index is 767. The van der Waals surface area contributed by atoms with E-state index in [0.29, 0.717) is 36.8 Å². The zero-order valence-electron chi connectivity index (χ0n) is 16.3. The van der Waals surface area contributed by atoms with Crippen molar-refractivity contribution in [1.29, 1.82) is 0 Å². The Labute approximate surface area is 160 Å². The normalized spacial score (nSPS) is 16.7. The second-order valence-corrected chi connectivity index (χ2v) is 6.63. The summed E-state index contributed by atoms with van der Waals surface area (Å²) >= 11 is 0. The topological polar surface area (TPSA) is 51.2 Å². The first-order chi connectivity index (χ1) is 13.0. The molecule has 0 spiro atoms. The van der Waals surface area contributed by atoms with Crippen LogP contribution < -0.4 is 14.4 Å². The van der Waals surface area contributed by atoms with E-state index in [0.717, 1.165) is 11.3 Å². The Balaban J connectivity index is 1.81. The van der Waals surface area contributed by atoms with E-state index in [-0.39, 0.29) is 12.0 Å². The molecule has 2 aromatic rings. The molecule has 144 valence electrons. The molecule has 27 heavy (non-hydrogen) atoms. The average Bonchev–Trinajstić information content (AvgIpc) is 2.72. The SMILES string of the molecule is COc1cccc(OC)c1C(=O)N1CCOC(c2ccc(N(C)C)cc2)C1. The van der Waals surface area contributed by atoms with Gasteiger partial charge in [0.05, 0.1) is 27.4 Å². The summed E-state index contributed by atoms with van der Waals surface area (Å²) in [5, 5.41) is 0. The summed E-state index contributed by atoms with van der Waals surface area (Å²) in [6.07, 6.45) is -0.153. The van der Waals surface area contributed by atoms with Crippen molar-refractivity contribution in [2.24, 2.45) is 0 Å². The molecule has 3 rings (SSSR count). The molecule has 1 unspecified atom stereocenters. The van der Waals surface area contributed by atoms with Crippen LogP contribution in [-0.4, -0.2) is 58.8 Å². The first-order valence-corrected chi connectivity index (χ1v) is 8.94. The van der Waals surface area contributed by atoms with Crippen molar-refractivity contribution >= 4 is 11.6 Å². The van der Waals surface area contributed by atoms with Crippen LogP contribution in [0.15, 0.2) is 42.5 Å². The molecule has 1 amide bonds. The fraction of sp³-hybridized carbons (Fsp3) is 0.381. The van der Waals surface area contributed by atoms with Gasteiger partial charge in [-0.15, -0.1) is 0 Å². The van der Waals surface area contributed by atoms with Gasteiger partial charge in [0, 0.05) is 26.3 Å². The Morgan fingerprint density at radius 1 is 1.07 bits per heavy atom. The maximum absolute atomic E-state index is 13.2. The van der Waals surface area contributed by atoms with Gasteiger partial charge in [-0.1, -0.05) is 18.2 Å².